The molecule has 0 N–H and O–H groups in total. The standard InChI is InChI=1S/C53H34N4/c1-4-16-36(17-5-1)51-54-52(37-18-6-2-7-19-37)56-53(55-51)38-30-28-35(29-31-38)49-44-25-12-10-22-41(44)42-23-11-13-26-45(42)50(49)39-32-33-48-46(34-39)43-24-14-15-27-47(43)57(48)40-20-8-3-9-21-40/h1-34H. The first-order chi connectivity index (χ1) is 28.3. The van der Waals surface area contributed by atoms with Crippen LogP contribution in [0.5, 0.6) is 0 Å². The quantitative estimate of drug-likeness (QED) is 0.160. The molecule has 0 radical (unpaired) electrons. The van der Waals surface area contributed by atoms with Gasteiger partial charge in [-0.25, -0.2) is 15.0 Å². The monoisotopic (exact) mass is 726 g/mol. The zero-order valence-electron chi connectivity index (χ0n) is 30.9. The summed E-state index contributed by atoms with van der Waals surface area (Å²) in [7, 11) is 0. The van der Waals surface area contributed by atoms with E-state index in [1.54, 1.807) is 0 Å². The normalized spacial score (nSPS) is 11.5. The van der Waals surface area contributed by atoms with Gasteiger partial charge in [-0.05, 0) is 74.1 Å². The van der Waals surface area contributed by atoms with E-state index in [-0.39, 0.29) is 0 Å². The van der Waals surface area contributed by atoms with Crippen molar-refractivity contribution in [2.45, 2.75) is 0 Å². The third-order valence-corrected chi connectivity index (χ3v) is 11.0. The zero-order chi connectivity index (χ0) is 37.7. The van der Waals surface area contributed by atoms with Crippen LogP contribution < -0.4 is 0 Å². The molecule has 57 heavy (non-hydrogen) atoms. The summed E-state index contributed by atoms with van der Waals surface area (Å²) in [5.74, 6) is 1.93. The lowest BCUT2D eigenvalue weighted by Gasteiger charge is -2.19. The number of hydrogen-bond donors (Lipinski definition) is 0. The highest BCUT2D eigenvalue weighted by atomic mass is 15.0. The molecule has 0 bridgehead atoms. The molecule has 2 aromatic heterocycles. The second-order valence-electron chi connectivity index (χ2n) is 14.4. The molecule has 0 aliphatic carbocycles. The molecule has 0 amide bonds. The molecular weight excluding hydrogens is 693 g/mol. The summed E-state index contributed by atoms with van der Waals surface area (Å²) in [4.78, 5) is 14.9. The van der Waals surface area contributed by atoms with Gasteiger partial charge in [0.05, 0.1) is 11.0 Å². The van der Waals surface area contributed by atoms with Crippen LogP contribution in [-0.2, 0) is 0 Å². The molecular formula is C53H34N4. The number of para-hydroxylation sites is 2. The first-order valence-electron chi connectivity index (χ1n) is 19.3. The van der Waals surface area contributed by atoms with Gasteiger partial charge >= 0.3 is 0 Å². The van der Waals surface area contributed by atoms with Crippen molar-refractivity contribution in [2.24, 2.45) is 0 Å². The molecule has 0 saturated carbocycles. The number of aromatic nitrogens is 4. The second-order valence-corrected chi connectivity index (χ2v) is 14.4. The smallest absolute Gasteiger partial charge is 0.164 e. The Hall–Kier alpha value is -7.69. The van der Waals surface area contributed by atoms with E-state index in [1.807, 2.05) is 60.7 Å². The van der Waals surface area contributed by atoms with E-state index in [4.69, 9.17) is 15.0 Å². The molecule has 4 nitrogen and oxygen atoms in total. The van der Waals surface area contributed by atoms with Gasteiger partial charge in [0, 0.05) is 33.2 Å². The predicted molar refractivity (Wildman–Crippen MR) is 236 cm³/mol. The molecule has 11 rings (SSSR count). The lowest BCUT2D eigenvalue weighted by molar-refractivity contribution is 1.07. The summed E-state index contributed by atoms with van der Waals surface area (Å²) in [6.45, 7) is 0. The summed E-state index contributed by atoms with van der Waals surface area (Å²) in [6.07, 6.45) is 0. The van der Waals surface area contributed by atoms with Gasteiger partial charge in [-0.2, -0.15) is 0 Å². The summed E-state index contributed by atoms with van der Waals surface area (Å²) in [5, 5.41) is 7.36. The van der Waals surface area contributed by atoms with E-state index in [9.17, 15) is 0 Å². The van der Waals surface area contributed by atoms with Crippen molar-refractivity contribution in [3.8, 4) is 62.1 Å². The highest BCUT2D eigenvalue weighted by molar-refractivity contribution is 6.22. The van der Waals surface area contributed by atoms with Crippen molar-refractivity contribution in [1.29, 1.82) is 0 Å². The van der Waals surface area contributed by atoms with Gasteiger partial charge in [0.25, 0.3) is 0 Å². The van der Waals surface area contributed by atoms with Crippen LogP contribution >= 0.6 is 0 Å². The minimum atomic E-state index is 0.637. The Labute approximate surface area is 330 Å². The maximum atomic E-state index is 5.01. The largest absolute Gasteiger partial charge is 0.309 e. The number of nitrogens with zero attached hydrogens (tertiary/aromatic N) is 4. The van der Waals surface area contributed by atoms with Crippen LogP contribution in [0.25, 0.3) is 105 Å². The minimum absolute atomic E-state index is 0.637. The van der Waals surface area contributed by atoms with Crippen LogP contribution in [0.3, 0.4) is 0 Å². The number of fused-ring (bicyclic) bond motifs is 6. The number of hydrogen-bond acceptors (Lipinski definition) is 3. The molecule has 11 aromatic rings. The Kier molecular flexibility index (Phi) is 7.78. The molecule has 2 heterocycles. The zero-order valence-corrected chi connectivity index (χ0v) is 30.9. The number of benzene rings is 9. The average molecular weight is 727 g/mol. The van der Waals surface area contributed by atoms with Gasteiger partial charge < -0.3 is 4.57 Å². The molecule has 0 atom stereocenters. The van der Waals surface area contributed by atoms with Crippen molar-refractivity contribution < 1.29 is 0 Å². The molecule has 0 spiro atoms. The predicted octanol–water partition coefficient (Wildman–Crippen LogP) is 13.6. The fourth-order valence-electron chi connectivity index (χ4n) is 8.45. The Balaban J connectivity index is 1.12. The third kappa shape index (κ3) is 5.58. The van der Waals surface area contributed by atoms with E-state index in [0.29, 0.717) is 17.5 Å². The van der Waals surface area contributed by atoms with Crippen LogP contribution in [0, 0.1) is 0 Å². The third-order valence-electron chi connectivity index (χ3n) is 11.0. The van der Waals surface area contributed by atoms with Crippen LogP contribution in [0.2, 0.25) is 0 Å². The van der Waals surface area contributed by atoms with Gasteiger partial charge in [-0.1, -0.05) is 176 Å². The molecule has 0 saturated heterocycles. The van der Waals surface area contributed by atoms with Crippen LogP contribution in [0.4, 0.5) is 0 Å². The van der Waals surface area contributed by atoms with Gasteiger partial charge in [0.2, 0.25) is 0 Å². The molecule has 0 unspecified atom stereocenters. The molecule has 9 aromatic carbocycles. The molecule has 266 valence electrons. The van der Waals surface area contributed by atoms with E-state index in [2.05, 4.69) is 150 Å². The Bertz CT molecular complexity index is 3200. The second kappa shape index (κ2) is 13.6. The van der Waals surface area contributed by atoms with Gasteiger partial charge in [-0.3, -0.25) is 0 Å². The van der Waals surface area contributed by atoms with Crippen LogP contribution in [-0.4, -0.2) is 19.5 Å². The molecule has 0 aliphatic rings. The fourth-order valence-corrected chi connectivity index (χ4v) is 8.45. The van der Waals surface area contributed by atoms with Crippen LogP contribution in [0.15, 0.2) is 206 Å². The maximum absolute atomic E-state index is 5.01. The van der Waals surface area contributed by atoms with E-state index in [1.165, 1.54) is 60.0 Å². The minimum Gasteiger partial charge on any atom is -0.309 e. The van der Waals surface area contributed by atoms with E-state index in [0.717, 1.165) is 27.9 Å². The first kappa shape index (κ1) is 32.7. The summed E-state index contributed by atoms with van der Waals surface area (Å²) < 4.78 is 2.38. The Morgan fingerprint density at radius 2 is 0.649 bits per heavy atom. The van der Waals surface area contributed by atoms with Crippen molar-refractivity contribution in [2.75, 3.05) is 0 Å². The van der Waals surface area contributed by atoms with Crippen LogP contribution in [0.1, 0.15) is 0 Å². The van der Waals surface area contributed by atoms with E-state index < -0.39 is 0 Å². The van der Waals surface area contributed by atoms with Crippen molar-refractivity contribution in [3.63, 3.8) is 0 Å². The summed E-state index contributed by atoms with van der Waals surface area (Å²) >= 11 is 0. The first-order valence-corrected chi connectivity index (χ1v) is 19.3. The SMILES string of the molecule is c1ccc(-c2nc(-c3ccccc3)nc(-c3ccc(-c4c(-c5ccc6c(c5)c5ccccc5n6-c5ccccc5)c5ccccc5c5ccccc45)cc3)n2)cc1. The van der Waals surface area contributed by atoms with Gasteiger partial charge in [0.1, 0.15) is 0 Å². The molecule has 4 heteroatoms. The highest BCUT2D eigenvalue weighted by Gasteiger charge is 2.20. The Morgan fingerprint density at radius 1 is 0.263 bits per heavy atom. The lowest BCUT2D eigenvalue weighted by Crippen LogP contribution is -2.00. The van der Waals surface area contributed by atoms with Crippen molar-refractivity contribution in [1.82, 2.24) is 19.5 Å². The lowest BCUT2D eigenvalue weighted by atomic mass is 9.84. The topological polar surface area (TPSA) is 43.6 Å². The summed E-state index contributed by atoms with van der Waals surface area (Å²) in [6, 6.07) is 73.0. The van der Waals surface area contributed by atoms with Crippen molar-refractivity contribution in [3.05, 3.63) is 206 Å². The fraction of sp³-hybridized carbons (Fsp3) is 0. The summed E-state index contributed by atoms with van der Waals surface area (Å²) in [5.41, 5.74) is 11.1. The molecule has 0 fully saturated rings. The molecule has 0 aliphatic heterocycles. The van der Waals surface area contributed by atoms with Crippen molar-refractivity contribution >= 4 is 43.4 Å². The van der Waals surface area contributed by atoms with E-state index >= 15 is 0 Å². The Morgan fingerprint density at radius 3 is 1.21 bits per heavy atom. The number of rotatable bonds is 6. The maximum Gasteiger partial charge on any atom is 0.164 e. The van der Waals surface area contributed by atoms with Gasteiger partial charge in [0.15, 0.2) is 17.5 Å². The van der Waals surface area contributed by atoms with Gasteiger partial charge in [-0.15, -0.1) is 0 Å². The average Bonchev–Trinajstić information content (AvgIpc) is 3.63. The highest BCUT2D eigenvalue weighted by Crippen LogP contribution is 2.46.